The molecule has 178 valence electrons. The zero-order chi connectivity index (χ0) is 24.3. The van der Waals surface area contributed by atoms with Crippen LogP contribution in [0.15, 0.2) is 65.6 Å². The summed E-state index contributed by atoms with van der Waals surface area (Å²) in [6, 6.07) is 13.9. The number of nitrogens with one attached hydrogen (secondary N) is 1. The molecule has 1 amide bonds. The summed E-state index contributed by atoms with van der Waals surface area (Å²) in [5.41, 5.74) is -0.240. The van der Waals surface area contributed by atoms with Gasteiger partial charge in [-0.15, -0.1) is 0 Å². The highest BCUT2D eigenvalue weighted by molar-refractivity contribution is 7.91. The fourth-order valence-electron chi connectivity index (χ4n) is 3.60. The van der Waals surface area contributed by atoms with Crippen LogP contribution >= 0.6 is 0 Å². The third kappa shape index (κ3) is 5.22. The van der Waals surface area contributed by atoms with Crippen LogP contribution in [0.3, 0.4) is 0 Å². The van der Waals surface area contributed by atoms with Crippen molar-refractivity contribution in [3.05, 3.63) is 89.2 Å². The first-order chi connectivity index (χ1) is 16.3. The quantitative estimate of drug-likeness (QED) is 0.465. The Morgan fingerprint density at radius 2 is 1.79 bits per heavy atom. The summed E-state index contributed by atoms with van der Waals surface area (Å²) in [5.74, 6) is -2.27. The van der Waals surface area contributed by atoms with Gasteiger partial charge in [0.2, 0.25) is 5.91 Å². The van der Waals surface area contributed by atoms with Crippen molar-refractivity contribution in [2.75, 3.05) is 24.3 Å². The Labute approximate surface area is 198 Å². The van der Waals surface area contributed by atoms with Crippen molar-refractivity contribution in [1.82, 2.24) is 0 Å². The molecule has 1 heterocycles. The summed E-state index contributed by atoms with van der Waals surface area (Å²) < 4.78 is 65.1. The van der Waals surface area contributed by atoms with E-state index in [1.165, 1.54) is 18.2 Å². The highest BCUT2D eigenvalue weighted by atomic mass is 32.2. The Balaban J connectivity index is 1.42. The minimum Gasteiger partial charge on any atom is -0.611 e. The van der Waals surface area contributed by atoms with Crippen molar-refractivity contribution >= 4 is 22.8 Å². The summed E-state index contributed by atoms with van der Waals surface area (Å²) in [6.07, 6.45) is 0.0587. The van der Waals surface area contributed by atoms with Crippen LogP contribution in [0.4, 0.5) is 18.9 Å². The molecule has 0 aliphatic carbocycles. The lowest BCUT2D eigenvalue weighted by Gasteiger charge is -2.41. The van der Waals surface area contributed by atoms with E-state index in [-0.39, 0.29) is 42.5 Å². The topological polar surface area (TPSA) is 70.6 Å². The van der Waals surface area contributed by atoms with E-state index in [2.05, 4.69) is 5.32 Å². The number of anilines is 1. The van der Waals surface area contributed by atoms with Crippen molar-refractivity contribution in [2.24, 2.45) is 0 Å². The fraction of sp³-hybridized carbons (Fsp3) is 0.240. The Morgan fingerprint density at radius 3 is 2.38 bits per heavy atom. The lowest BCUT2D eigenvalue weighted by molar-refractivity contribution is -0.170. The molecule has 1 unspecified atom stereocenters. The number of halogens is 3. The summed E-state index contributed by atoms with van der Waals surface area (Å²) in [6.45, 7) is 1.80. The van der Waals surface area contributed by atoms with Crippen molar-refractivity contribution in [2.45, 2.75) is 23.8 Å². The summed E-state index contributed by atoms with van der Waals surface area (Å²) >= 11 is -1.07. The van der Waals surface area contributed by atoms with Crippen LogP contribution in [-0.2, 0) is 32.7 Å². The molecule has 3 aromatic carbocycles. The molecule has 0 saturated carbocycles. The van der Waals surface area contributed by atoms with Crippen molar-refractivity contribution in [3.63, 3.8) is 0 Å². The first-order valence-corrected chi connectivity index (χ1v) is 11.9. The lowest BCUT2D eigenvalue weighted by Crippen LogP contribution is -2.52. The van der Waals surface area contributed by atoms with Crippen LogP contribution in [0, 0.1) is 17.5 Å². The van der Waals surface area contributed by atoms with E-state index in [1.54, 1.807) is 24.3 Å². The second-order valence-electron chi connectivity index (χ2n) is 7.86. The molecular formula is C25H22F3NO4S. The minimum absolute atomic E-state index is 0.0158. The highest BCUT2D eigenvalue weighted by Crippen LogP contribution is 2.38. The molecule has 9 heteroatoms. The first-order valence-electron chi connectivity index (χ1n) is 10.6. The van der Waals surface area contributed by atoms with Crippen LogP contribution in [0.5, 0.6) is 5.75 Å². The molecule has 4 rings (SSSR count). The SMILES string of the molecule is CC[S+]([O-])c1ccc(CC(=O)Nc2ccc(OC3(c4ccc(F)cc4F)COC3)c(F)c2)cc1. The van der Waals surface area contributed by atoms with Crippen molar-refractivity contribution < 1.29 is 32.0 Å². The molecule has 3 aromatic rings. The van der Waals surface area contributed by atoms with Crippen LogP contribution in [0.2, 0.25) is 0 Å². The molecule has 0 bridgehead atoms. The van der Waals surface area contributed by atoms with E-state index in [0.717, 1.165) is 23.8 Å². The molecule has 1 aliphatic heterocycles. The van der Waals surface area contributed by atoms with E-state index in [0.29, 0.717) is 10.6 Å². The minimum atomic E-state index is -1.27. The van der Waals surface area contributed by atoms with Gasteiger partial charge >= 0.3 is 0 Å². The fourth-order valence-corrected chi connectivity index (χ4v) is 4.38. The van der Waals surface area contributed by atoms with E-state index < -0.39 is 34.2 Å². The normalized spacial score (nSPS) is 15.3. The van der Waals surface area contributed by atoms with E-state index >= 15 is 0 Å². The molecule has 0 aromatic heterocycles. The average molecular weight is 490 g/mol. The predicted molar refractivity (Wildman–Crippen MR) is 122 cm³/mol. The molecule has 34 heavy (non-hydrogen) atoms. The van der Waals surface area contributed by atoms with Gasteiger partial charge in [0.1, 0.15) is 17.4 Å². The molecule has 1 aliphatic rings. The van der Waals surface area contributed by atoms with Gasteiger partial charge in [-0.3, -0.25) is 4.79 Å². The van der Waals surface area contributed by atoms with Gasteiger partial charge in [-0.2, -0.15) is 0 Å². The molecule has 1 saturated heterocycles. The summed E-state index contributed by atoms with van der Waals surface area (Å²) in [5, 5.41) is 2.62. The molecule has 1 atom stereocenters. The van der Waals surface area contributed by atoms with E-state index in [1.807, 2.05) is 6.92 Å². The predicted octanol–water partition coefficient (Wildman–Crippen LogP) is 4.72. The largest absolute Gasteiger partial charge is 0.611 e. The van der Waals surface area contributed by atoms with Crippen molar-refractivity contribution in [1.29, 1.82) is 0 Å². The number of benzene rings is 3. The number of ether oxygens (including phenoxy) is 2. The van der Waals surface area contributed by atoms with Gasteiger partial charge in [0.05, 0.1) is 19.6 Å². The molecule has 0 radical (unpaired) electrons. The van der Waals surface area contributed by atoms with Crippen molar-refractivity contribution in [3.8, 4) is 5.75 Å². The van der Waals surface area contributed by atoms with Gasteiger partial charge in [-0.25, -0.2) is 13.2 Å². The van der Waals surface area contributed by atoms with Crippen LogP contribution in [0.25, 0.3) is 0 Å². The Kier molecular flexibility index (Phi) is 7.16. The second-order valence-corrected chi connectivity index (χ2v) is 9.60. The average Bonchev–Trinajstić information content (AvgIpc) is 2.78. The zero-order valence-electron chi connectivity index (χ0n) is 18.3. The maximum atomic E-state index is 14.8. The maximum Gasteiger partial charge on any atom is 0.228 e. The van der Waals surface area contributed by atoms with Gasteiger partial charge in [0, 0.05) is 23.4 Å². The monoisotopic (exact) mass is 489 g/mol. The standard InChI is InChI=1S/C25H22F3NO4S/c1-2-34(31)19-7-3-16(4-8-19)11-24(30)29-18-6-10-23(22(28)13-18)33-25(14-32-15-25)20-9-5-17(26)12-21(20)27/h3-10,12-13H,2,11,14-15H2,1H3,(H,29,30). The van der Waals surface area contributed by atoms with Gasteiger partial charge in [0.25, 0.3) is 0 Å². The first kappa shape index (κ1) is 24.1. The summed E-state index contributed by atoms with van der Waals surface area (Å²) in [4.78, 5) is 13.1. The number of carbonyl (C=O) groups excluding carboxylic acids is 1. The number of rotatable bonds is 8. The van der Waals surface area contributed by atoms with Gasteiger partial charge in [0.15, 0.2) is 22.1 Å². The van der Waals surface area contributed by atoms with Crippen LogP contribution in [0.1, 0.15) is 18.1 Å². The molecule has 5 nitrogen and oxygen atoms in total. The number of hydrogen-bond donors (Lipinski definition) is 1. The van der Waals surface area contributed by atoms with Crippen LogP contribution in [-0.4, -0.2) is 29.4 Å². The smallest absolute Gasteiger partial charge is 0.228 e. The molecule has 1 N–H and O–H groups in total. The number of amides is 1. The van der Waals surface area contributed by atoms with E-state index in [4.69, 9.17) is 9.47 Å². The Hall–Kier alpha value is -3.01. The maximum absolute atomic E-state index is 14.8. The molecule has 0 spiro atoms. The second kappa shape index (κ2) is 10.1. The third-order valence-corrected chi connectivity index (χ3v) is 6.75. The van der Waals surface area contributed by atoms with Gasteiger partial charge in [-0.1, -0.05) is 12.1 Å². The summed E-state index contributed by atoms with van der Waals surface area (Å²) in [7, 11) is 0. The van der Waals surface area contributed by atoms with E-state index in [9.17, 15) is 22.5 Å². The Morgan fingerprint density at radius 1 is 1.06 bits per heavy atom. The van der Waals surface area contributed by atoms with Gasteiger partial charge < -0.3 is 19.3 Å². The van der Waals surface area contributed by atoms with Crippen LogP contribution < -0.4 is 10.1 Å². The third-order valence-electron chi connectivity index (χ3n) is 5.43. The highest BCUT2D eigenvalue weighted by Gasteiger charge is 2.45. The molecule has 1 fully saturated rings. The zero-order valence-corrected chi connectivity index (χ0v) is 19.1. The lowest BCUT2D eigenvalue weighted by atomic mass is 9.91. The number of hydrogen-bond acceptors (Lipinski definition) is 4. The molecular weight excluding hydrogens is 467 g/mol. The van der Waals surface area contributed by atoms with Gasteiger partial charge in [-0.05, 0) is 60.1 Å². The number of carbonyl (C=O) groups is 1. The Bertz CT molecular complexity index is 1190.